The number of rotatable bonds is 6. The van der Waals surface area contributed by atoms with Gasteiger partial charge in [-0.15, -0.1) is 0 Å². The van der Waals surface area contributed by atoms with Crippen LogP contribution in [0, 0.1) is 5.92 Å². The zero-order valence-corrected chi connectivity index (χ0v) is 11.0. The van der Waals surface area contributed by atoms with Crippen molar-refractivity contribution in [1.29, 1.82) is 0 Å². The highest BCUT2D eigenvalue weighted by molar-refractivity contribution is 5.30. The summed E-state index contributed by atoms with van der Waals surface area (Å²) in [4.78, 5) is 0. The second kappa shape index (κ2) is 5.68. The Kier molecular flexibility index (Phi) is 4.22. The summed E-state index contributed by atoms with van der Waals surface area (Å²) in [5.41, 5.74) is 2.53. The van der Waals surface area contributed by atoms with Crippen LogP contribution in [0.15, 0.2) is 24.3 Å². The standard InChI is InChI=1S/C16H24O/c1-3-12(4-2)10-16(17)15-7-5-6-14(11-15)13-8-9-13/h5-7,11-13,16-17H,3-4,8-10H2,1-2H3. The maximum Gasteiger partial charge on any atom is 0.0792 e. The fourth-order valence-electron chi connectivity index (χ4n) is 2.51. The molecule has 1 fully saturated rings. The average molecular weight is 232 g/mol. The molecule has 1 unspecified atom stereocenters. The lowest BCUT2D eigenvalue weighted by molar-refractivity contribution is 0.141. The van der Waals surface area contributed by atoms with E-state index in [1.165, 1.54) is 18.4 Å². The Morgan fingerprint density at radius 3 is 2.53 bits per heavy atom. The van der Waals surface area contributed by atoms with Crippen molar-refractivity contribution in [3.8, 4) is 0 Å². The molecule has 0 spiro atoms. The van der Waals surface area contributed by atoms with E-state index < -0.39 is 0 Å². The van der Waals surface area contributed by atoms with E-state index in [4.69, 9.17) is 0 Å². The second-order valence-electron chi connectivity index (χ2n) is 5.38. The molecule has 1 aromatic rings. The molecule has 1 atom stereocenters. The molecule has 0 aromatic heterocycles. The van der Waals surface area contributed by atoms with Gasteiger partial charge in [0.05, 0.1) is 6.10 Å². The van der Waals surface area contributed by atoms with Gasteiger partial charge >= 0.3 is 0 Å². The molecule has 1 aliphatic carbocycles. The lowest BCUT2D eigenvalue weighted by Gasteiger charge is -2.18. The predicted molar refractivity (Wildman–Crippen MR) is 72.1 cm³/mol. The summed E-state index contributed by atoms with van der Waals surface area (Å²) in [6.07, 6.45) is 5.60. The van der Waals surface area contributed by atoms with Crippen LogP contribution in [0.25, 0.3) is 0 Å². The van der Waals surface area contributed by atoms with Crippen molar-refractivity contribution in [2.24, 2.45) is 5.92 Å². The van der Waals surface area contributed by atoms with E-state index in [2.05, 4.69) is 38.1 Å². The molecule has 1 aromatic carbocycles. The van der Waals surface area contributed by atoms with Gasteiger partial charge in [-0.25, -0.2) is 0 Å². The number of hydrogen-bond acceptors (Lipinski definition) is 1. The van der Waals surface area contributed by atoms with Gasteiger partial charge in [0.2, 0.25) is 0 Å². The van der Waals surface area contributed by atoms with Crippen molar-refractivity contribution in [2.45, 2.75) is 58.0 Å². The van der Waals surface area contributed by atoms with Crippen LogP contribution in [0.5, 0.6) is 0 Å². The first-order valence-corrected chi connectivity index (χ1v) is 7.02. The summed E-state index contributed by atoms with van der Waals surface area (Å²) in [7, 11) is 0. The largest absolute Gasteiger partial charge is 0.388 e. The maximum atomic E-state index is 10.3. The van der Waals surface area contributed by atoms with Gasteiger partial charge in [-0.05, 0) is 42.2 Å². The third-order valence-corrected chi connectivity index (χ3v) is 4.06. The van der Waals surface area contributed by atoms with Crippen molar-refractivity contribution >= 4 is 0 Å². The molecule has 0 bridgehead atoms. The third kappa shape index (κ3) is 3.32. The minimum absolute atomic E-state index is 0.279. The SMILES string of the molecule is CCC(CC)CC(O)c1cccc(C2CC2)c1. The normalized spacial score (nSPS) is 17.4. The molecule has 1 heteroatoms. The summed E-state index contributed by atoms with van der Waals surface area (Å²) >= 11 is 0. The Hall–Kier alpha value is -0.820. The third-order valence-electron chi connectivity index (χ3n) is 4.06. The van der Waals surface area contributed by atoms with Gasteiger partial charge in [0.1, 0.15) is 0 Å². The van der Waals surface area contributed by atoms with Crippen LogP contribution >= 0.6 is 0 Å². The van der Waals surface area contributed by atoms with Crippen molar-refractivity contribution in [3.05, 3.63) is 35.4 Å². The van der Waals surface area contributed by atoms with Crippen molar-refractivity contribution < 1.29 is 5.11 Å². The van der Waals surface area contributed by atoms with Crippen LogP contribution < -0.4 is 0 Å². The van der Waals surface area contributed by atoms with E-state index in [1.807, 2.05) is 0 Å². The zero-order chi connectivity index (χ0) is 12.3. The Bertz CT molecular complexity index is 350. The van der Waals surface area contributed by atoms with Crippen molar-refractivity contribution in [2.75, 3.05) is 0 Å². The lowest BCUT2D eigenvalue weighted by Crippen LogP contribution is -2.06. The van der Waals surface area contributed by atoms with Crippen molar-refractivity contribution in [3.63, 3.8) is 0 Å². The zero-order valence-electron chi connectivity index (χ0n) is 11.0. The van der Waals surface area contributed by atoms with E-state index in [-0.39, 0.29) is 6.10 Å². The fourth-order valence-corrected chi connectivity index (χ4v) is 2.51. The molecule has 1 nitrogen and oxygen atoms in total. The van der Waals surface area contributed by atoms with Crippen LogP contribution in [0.4, 0.5) is 0 Å². The number of aliphatic hydroxyl groups is 1. The Labute approximate surface area is 105 Å². The monoisotopic (exact) mass is 232 g/mol. The summed E-state index contributed by atoms with van der Waals surface area (Å²) in [6, 6.07) is 8.58. The van der Waals surface area contributed by atoms with Crippen LogP contribution in [0.3, 0.4) is 0 Å². The van der Waals surface area contributed by atoms with E-state index in [9.17, 15) is 5.11 Å². The number of hydrogen-bond donors (Lipinski definition) is 1. The molecule has 94 valence electrons. The molecule has 1 saturated carbocycles. The molecule has 1 aliphatic rings. The van der Waals surface area contributed by atoms with Gasteiger partial charge in [-0.1, -0.05) is 51.0 Å². The molecule has 0 radical (unpaired) electrons. The van der Waals surface area contributed by atoms with Gasteiger partial charge in [-0.2, -0.15) is 0 Å². The first kappa shape index (κ1) is 12.6. The molecule has 1 N–H and O–H groups in total. The van der Waals surface area contributed by atoms with Crippen molar-refractivity contribution in [1.82, 2.24) is 0 Å². The summed E-state index contributed by atoms with van der Waals surface area (Å²) < 4.78 is 0. The van der Waals surface area contributed by atoms with E-state index >= 15 is 0 Å². The van der Waals surface area contributed by atoms with Crippen LogP contribution in [-0.2, 0) is 0 Å². The molecule has 2 rings (SSSR count). The quantitative estimate of drug-likeness (QED) is 0.769. The summed E-state index contributed by atoms with van der Waals surface area (Å²) in [5.74, 6) is 1.42. The minimum atomic E-state index is -0.279. The molecular weight excluding hydrogens is 208 g/mol. The average Bonchev–Trinajstić information content (AvgIpc) is 3.20. The predicted octanol–water partition coefficient (Wildman–Crippen LogP) is 4.42. The molecule has 0 saturated heterocycles. The van der Waals surface area contributed by atoms with Gasteiger partial charge in [-0.3, -0.25) is 0 Å². The Balaban J connectivity index is 2.02. The molecular formula is C16H24O. The lowest BCUT2D eigenvalue weighted by atomic mass is 9.92. The van der Waals surface area contributed by atoms with E-state index in [0.717, 1.165) is 30.7 Å². The highest BCUT2D eigenvalue weighted by Crippen LogP contribution is 2.40. The van der Waals surface area contributed by atoms with E-state index in [1.54, 1.807) is 0 Å². The first-order valence-electron chi connectivity index (χ1n) is 7.02. The fraction of sp³-hybridized carbons (Fsp3) is 0.625. The number of benzene rings is 1. The van der Waals surface area contributed by atoms with Gasteiger partial charge in [0.15, 0.2) is 0 Å². The topological polar surface area (TPSA) is 20.2 Å². The van der Waals surface area contributed by atoms with Crippen LogP contribution in [0.2, 0.25) is 0 Å². The molecule has 0 amide bonds. The maximum absolute atomic E-state index is 10.3. The van der Waals surface area contributed by atoms with Gasteiger partial charge < -0.3 is 5.11 Å². The van der Waals surface area contributed by atoms with Gasteiger partial charge in [0.25, 0.3) is 0 Å². The Morgan fingerprint density at radius 2 is 1.94 bits per heavy atom. The Morgan fingerprint density at radius 1 is 1.24 bits per heavy atom. The smallest absolute Gasteiger partial charge is 0.0792 e. The highest BCUT2D eigenvalue weighted by Gasteiger charge is 2.24. The van der Waals surface area contributed by atoms with Crippen LogP contribution in [0.1, 0.15) is 69.1 Å². The van der Waals surface area contributed by atoms with E-state index in [0.29, 0.717) is 5.92 Å². The highest BCUT2D eigenvalue weighted by atomic mass is 16.3. The summed E-state index contributed by atoms with van der Waals surface area (Å²) in [5, 5.41) is 10.3. The molecule has 0 aliphatic heterocycles. The second-order valence-corrected chi connectivity index (χ2v) is 5.38. The first-order chi connectivity index (χ1) is 8.24. The minimum Gasteiger partial charge on any atom is -0.388 e. The number of aliphatic hydroxyl groups excluding tert-OH is 1. The van der Waals surface area contributed by atoms with Crippen LogP contribution in [-0.4, -0.2) is 5.11 Å². The van der Waals surface area contributed by atoms with Gasteiger partial charge in [0, 0.05) is 0 Å². The summed E-state index contributed by atoms with van der Waals surface area (Å²) in [6.45, 7) is 4.42. The molecule has 17 heavy (non-hydrogen) atoms. The molecule has 0 heterocycles.